The molecule has 1 aliphatic carbocycles. The van der Waals surface area contributed by atoms with Crippen LogP contribution >= 0.6 is 0 Å². The van der Waals surface area contributed by atoms with Crippen LogP contribution in [0.5, 0.6) is 0 Å². The van der Waals surface area contributed by atoms with E-state index in [0.29, 0.717) is 12.8 Å². The molecular formula is C12H20O5S. The molecule has 1 N–H and O–H groups in total. The fourth-order valence-electron chi connectivity index (χ4n) is 2.24. The van der Waals surface area contributed by atoms with Crippen molar-refractivity contribution in [3.8, 4) is 0 Å². The van der Waals surface area contributed by atoms with E-state index >= 15 is 0 Å². The molecule has 6 heteroatoms. The summed E-state index contributed by atoms with van der Waals surface area (Å²) in [6, 6.07) is 0. The molecule has 0 radical (unpaired) electrons. The molecule has 18 heavy (non-hydrogen) atoms. The average Bonchev–Trinajstić information content (AvgIpc) is 2.27. The highest BCUT2D eigenvalue weighted by Crippen LogP contribution is 2.37. The lowest BCUT2D eigenvalue weighted by molar-refractivity contribution is -0.157. The van der Waals surface area contributed by atoms with Gasteiger partial charge in [-0.15, -0.1) is 0 Å². The molecule has 1 rings (SSSR count). The van der Waals surface area contributed by atoms with Gasteiger partial charge in [-0.25, -0.2) is 8.42 Å². The Morgan fingerprint density at radius 1 is 1.39 bits per heavy atom. The van der Waals surface area contributed by atoms with Crippen molar-refractivity contribution in [1.82, 2.24) is 0 Å². The first kappa shape index (κ1) is 15.1. The summed E-state index contributed by atoms with van der Waals surface area (Å²) < 4.78 is 23.5. The van der Waals surface area contributed by atoms with Crippen LogP contribution in [0.2, 0.25) is 0 Å². The van der Waals surface area contributed by atoms with E-state index in [1.54, 1.807) is 13.8 Å². The molecule has 5 nitrogen and oxygen atoms in total. The summed E-state index contributed by atoms with van der Waals surface area (Å²) in [4.78, 5) is 23.2. The third-order valence-electron chi connectivity index (χ3n) is 3.73. The summed E-state index contributed by atoms with van der Waals surface area (Å²) in [5, 5.41) is 8.74. The number of carboxylic acids is 1. The Kier molecular flexibility index (Phi) is 4.53. The fraction of sp³-hybridized carbons (Fsp3) is 0.833. The van der Waals surface area contributed by atoms with Gasteiger partial charge in [-0.1, -0.05) is 6.42 Å². The molecule has 0 aliphatic heterocycles. The van der Waals surface area contributed by atoms with Crippen molar-refractivity contribution in [1.29, 1.82) is 0 Å². The molecule has 0 saturated heterocycles. The van der Waals surface area contributed by atoms with Gasteiger partial charge in [0.05, 0.1) is 11.0 Å². The molecule has 0 aromatic heterocycles. The first-order valence-corrected chi connectivity index (χ1v) is 7.92. The van der Waals surface area contributed by atoms with E-state index in [0.717, 1.165) is 0 Å². The summed E-state index contributed by atoms with van der Waals surface area (Å²) in [5.74, 6) is -1.73. The molecule has 1 fully saturated rings. The van der Waals surface area contributed by atoms with Crippen LogP contribution in [0, 0.1) is 5.41 Å². The Morgan fingerprint density at radius 3 is 2.44 bits per heavy atom. The highest BCUT2D eigenvalue weighted by molar-refractivity contribution is 7.91. The van der Waals surface area contributed by atoms with E-state index in [2.05, 4.69) is 0 Å². The van der Waals surface area contributed by atoms with Crippen molar-refractivity contribution in [2.24, 2.45) is 5.41 Å². The number of rotatable bonds is 5. The smallest absolute Gasteiger partial charge is 0.317 e. The zero-order chi connectivity index (χ0) is 14.0. The van der Waals surface area contributed by atoms with Gasteiger partial charge < -0.3 is 5.11 Å². The van der Waals surface area contributed by atoms with Gasteiger partial charge in [0, 0.05) is 6.42 Å². The second kappa shape index (κ2) is 5.38. The second-order valence-electron chi connectivity index (χ2n) is 5.18. The standard InChI is InChI=1S/C12H20O5S/c1-9(2)18(16,17)8-7-12(11(14)15)6-4-3-5-10(12)13/h9H,3-8H2,1-2H3,(H,14,15). The molecule has 1 atom stereocenters. The van der Waals surface area contributed by atoms with Gasteiger partial charge in [0.15, 0.2) is 9.84 Å². The maximum atomic E-state index is 11.9. The Labute approximate surface area is 107 Å². The number of carboxylic acid groups (broad SMARTS) is 1. The number of carbonyl (C=O) groups is 2. The first-order chi connectivity index (χ1) is 8.22. The molecular weight excluding hydrogens is 256 g/mol. The number of carbonyl (C=O) groups excluding carboxylic acids is 1. The molecule has 0 heterocycles. The summed E-state index contributed by atoms with van der Waals surface area (Å²) in [7, 11) is -3.31. The largest absolute Gasteiger partial charge is 0.480 e. The van der Waals surface area contributed by atoms with Gasteiger partial charge in [0.25, 0.3) is 0 Å². The minimum Gasteiger partial charge on any atom is -0.480 e. The number of aliphatic carboxylic acids is 1. The van der Waals surface area contributed by atoms with Crippen molar-refractivity contribution in [3.63, 3.8) is 0 Å². The molecule has 0 bridgehead atoms. The number of hydrogen-bond acceptors (Lipinski definition) is 4. The van der Waals surface area contributed by atoms with E-state index in [9.17, 15) is 23.1 Å². The SMILES string of the molecule is CC(C)S(=O)(=O)CCC1(C(=O)O)CCCCC1=O. The van der Waals surface area contributed by atoms with E-state index < -0.39 is 26.5 Å². The van der Waals surface area contributed by atoms with Crippen LogP contribution < -0.4 is 0 Å². The van der Waals surface area contributed by atoms with Crippen molar-refractivity contribution in [2.75, 3.05) is 5.75 Å². The Morgan fingerprint density at radius 2 is 2.00 bits per heavy atom. The molecule has 1 saturated carbocycles. The fourth-order valence-corrected chi connectivity index (χ4v) is 3.35. The number of sulfone groups is 1. The maximum absolute atomic E-state index is 11.9. The van der Waals surface area contributed by atoms with Crippen LogP contribution in [0.25, 0.3) is 0 Å². The highest BCUT2D eigenvalue weighted by atomic mass is 32.2. The zero-order valence-corrected chi connectivity index (χ0v) is 11.6. The minimum absolute atomic E-state index is 0.0956. The van der Waals surface area contributed by atoms with Crippen LogP contribution in [0.4, 0.5) is 0 Å². The van der Waals surface area contributed by atoms with Crippen LogP contribution in [-0.2, 0) is 19.4 Å². The summed E-state index contributed by atoms with van der Waals surface area (Å²) in [6.07, 6.45) is 1.77. The lowest BCUT2D eigenvalue weighted by Crippen LogP contribution is -2.43. The van der Waals surface area contributed by atoms with Crippen molar-refractivity contribution < 1.29 is 23.1 Å². The molecule has 0 amide bonds. The predicted octanol–water partition coefficient (Wildman–Crippen LogP) is 1.41. The van der Waals surface area contributed by atoms with E-state index in [4.69, 9.17) is 0 Å². The van der Waals surface area contributed by atoms with Crippen molar-refractivity contribution in [3.05, 3.63) is 0 Å². The van der Waals surface area contributed by atoms with Crippen molar-refractivity contribution >= 4 is 21.6 Å². The van der Waals surface area contributed by atoms with Gasteiger partial charge in [-0.3, -0.25) is 9.59 Å². The average molecular weight is 276 g/mol. The first-order valence-electron chi connectivity index (χ1n) is 6.20. The van der Waals surface area contributed by atoms with Gasteiger partial charge in [0.2, 0.25) is 0 Å². The quantitative estimate of drug-likeness (QED) is 0.767. The van der Waals surface area contributed by atoms with Crippen LogP contribution in [-0.4, -0.2) is 36.3 Å². The topological polar surface area (TPSA) is 88.5 Å². The predicted molar refractivity (Wildman–Crippen MR) is 67.1 cm³/mol. The second-order valence-corrected chi connectivity index (χ2v) is 7.86. The lowest BCUT2D eigenvalue weighted by atomic mass is 9.71. The van der Waals surface area contributed by atoms with E-state index in [1.807, 2.05) is 0 Å². The summed E-state index contributed by atoms with van der Waals surface area (Å²) in [5.41, 5.74) is -1.47. The molecule has 1 aliphatic rings. The van der Waals surface area contributed by atoms with E-state index in [-0.39, 0.29) is 30.8 Å². The van der Waals surface area contributed by atoms with Gasteiger partial charge in [-0.2, -0.15) is 0 Å². The van der Waals surface area contributed by atoms with Gasteiger partial charge in [-0.05, 0) is 33.1 Å². The highest BCUT2D eigenvalue weighted by Gasteiger charge is 2.47. The zero-order valence-electron chi connectivity index (χ0n) is 10.8. The Hall–Kier alpha value is -0.910. The van der Waals surface area contributed by atoms with Crippen LogP contribution in [0.3, 0.4) is 0 Å². The minimum atomic E-state index is -3.31. The Balaban J connectivity index is 2.88. The number of hydrogen-bond donors (Lipinski definition) is 1. The third-order valence-corrected chi connectivity index (χ3v) is 5.94. The van der Waals surface area contributed by atoms with Gasteiger partial charge >= 0.3 is 5.97 Å². The Bertz CT molecular complexity index is 437. The summed E-state index contributed by atoms with van der Waals surface area (Å²) >= 11 is 0. The lowest BCUT2D eigenvalue weighted by Gasteiger charge is -2.31. The normalized spacial score (nSPS) is 25.4. The number of Topliss-reactive ketones (excluding diaryl/α,β-unsaturated/α-hetero) is 1. The van der Waals surface area contributed by atoms with Crippen LogP contribution in [0.1, 0.15) is 46.0 Å². The monoisotopic (exact) mass is 276 g/mol. The van der Waals surface area contributed by atoms with Crippen LogP contribution in [0.15, 0.2) is 0 Å². The summed E-state index contributed by atoms with van der Waals surface area (Å²) in [6.45, 7) is 3.12. The number of ketones is 1. The molecule has 104 valence electrons. The molecule has 0 aromatic carbocycles. The maximum Gasteiger partial charge on any atom is 0.317 e. The van der Waals surface area contributed by atoms with E-state index in [1.165, 1.54) is 0 Å². The molecule has 0 aromatic rings. The van der Waals surface area contributed by atoms with Gasteiger partial charge in [0.1, 0.15) is 11.2 Å². The molecule has 1 unspecified atom stereocenters. The molecule has 0 spiro atoms. The third kappa shape index (κ3) is 2.91. The van der Waals surface area contributed by atoms with Crippen molar-refractivity contribution in [2.45, 2.75) is 51.2 Å².